The lowest BCUT2D eigenvalue weighted by Crippen LogP contribution is -2.14. The molecule has 0 unspecified atom stereocenters. The number of H-pyrrole nitrogens is 1. The first-order valence-corrected chi connectivity index (χ1v) is 5.70. The molecule has 4 N–H and O–H groups in total. The van der Waals surface area contributed by atoms with Gasteiger partial charge in [-0.15, -0.1) is 0 Å². The molecule has 0 saturated carbocycles. The smallest absolute Gasteiger partial charge is 0.311 e. The zero-order chi connectivity index (χ0) is 14.9. The zero-order valence-corrected chi connectivity index (χ0v) is 10.6. The Morgan fingerprint density at radius 2 is 2.25 bits per heavy atom. The molecule has 1 heterocycles. The largest absolute Gasteiger partial charge is 0.502 e. The van der Waals surface area contributed by atoms with Gasteiger partial charge in [0.2, 0.25) is 5.91 Å². The van der Waals surface area contributed by atoms with E-state index in [9.17, 15) is 20.0 Å². The molecule has 0 atom stereocenters. The van der Waals surface area contributed by atoms with Crippen LogP contribution in [0.1, 0.15) is 11.4 Å². The molecular weight excluding hydrogens is 264 g/mol. The molecule has 0 radical (unpaired) electrons. The number of benzene rings is 1. The fourth-order valence-corrected chi connectivity index (χ4v) is 1.79. The molecule has 0 saturated heterocycles. The van der Waals surface area contributed by atoms with E-state index in [0.29, 0.717) is 22.8 Å². The number of nitrogens with two attached hydrogens (primary N) is 1. The number of nitrogens with one attached hydrogen (secondary N) is 1. The summed E-state index contributed by atoms with van der Waals surface area (Å²) in [6.07, 6.45) is -0.0114. The first kappa shape index (κ1) is 13.5. The normalized spacial score (nSPS) is 10.4. The van der Waals surface area contributed by atoms with Crippen molar-refractivity contribution in [3.63, 3.8) is 0 Å². The van der Waals surface area contributed by atoms with Crippen molar-refractivity contribution in [2.45, 2.75) is 13.3 Å². The fraction of sp³-hybridized carbons (Fsp3) is 0.167. The quantitative estimate of drug-likeness (QED) is 0.566. The number of amides is 1. The van der Waals surface area contributed by atoms with Crippen LogP contribution in [0.5, 0.6) is 5.75 Å². The number of imidazole rings is 1. The van der Waals surface area contributed by atoms with Crippen LogP contribution >= 0.6 is 0 Å². The van der Waals surface area contributed by atoms with E-state index < -0.39 is 22.3 Å². The summed E-state index contributed by atoms with van der Waals surface area (Å²) in [6.45, 7) is 1.73. The van der Waals surface area contributed by atoms with Crippen molar-refractivity contribution < 1.29 is 14.8 Å². The van der Waals surface area contributed by atoms with Crippen molar-refractivity contribution in [3.05, 3.63) is 39.7 Å². The number of hydrogen-bond acceptors (Lipinski definition) is 5. The lowest BCUT2D eigenvalue weighted by molar-refractivity contribution is -0.385. The van der Waals surface area contributed by atoms with Crippen LogP contribution in [0.15, 0.2) is 18.2 Å². The first-order valence-electron chi connectivity index (χ1n) is 5.70. The SMILES string of the molecule is Cc1[nH]c(-c2ccc(O)c([N+](=O)[O-])c2)nc1CC(N)=O. The van der Waals surface area contributed by atoms with Crippen molar-refractivity contribution in [2.75, 3.05) is 0 Å². The minimum absolute atomic E-state index is 0.0114. The second kappa shape index (κ2) is 5.00. The highest BCUT2D eigenvalue weighted by Crippen LogP contribution is 2.30. The number of phenolic OH excluding ortho intramolecular Hbond substituents is 1. The summed E-state index contributed by atoms with van der Waals surface area (Å²) in [6, 6.07) is 3.93. The monoisotopic (exact) mass is 276 g/mol. The average Bonchev–Trinajstić information content (AvgIpc) is 2.70. The molecule has 0 spiro atoms. The van der Waals surface area contributed by atoms with E-state index in [2.05, 4.69) is 9.97 Å². The van der Waals surface area contributed by atoms with Crippen molar-refractivity contribution in [2.24, 2.45) is 5.73 Å². The molecule has 1 aromatic carbocycles. The average molecular weight is 276 g/mol. The number of aromatic nitrogens is 2. The molecule has 8 nitrogen and oxygen atoms in total. The van der Waals surface area contributed by atoms with Gasteiger partial charge in [0, 0.05) is 17.3 Å². The number of aromatic hydroxyl groups is 1. The van der Waals surface area contributed by atoms with Crippen LogP contribution in [-0.4, -0.2) is 25.9 Å². The van der Waals surface area contributed by atoms with Crippen molar-refractivity contribution in [1.29, 1.82) is 0 Å². The van der Waals surface area contributed by atoms with Gasteiger partial charge in [-0.3, -0.25) is 14.9 Å². The first-order chi connectivity index (χ1) is 9.38. The summed E-state index contributed by atoms with van der Waals surface area (Å²) >= 11 is 0. The Morgan fingerprint density at radius 1 is 1.55 bits per heavy atom. The van der Waals surface area contributed by atoms with E-state index in [1.54, 1.807) is 6.92 Å². The third-order valence-electron chi connectivity index (χ3n) is 2.77. The fourth-order valence-electron chi connectivity index (χ4n) is 1.79. The lowest BCUT2D eigenvalue weighted by Gasteiger charge is -1.99. The van der Waals surface area contributed by atoms with Gasteiger partial charge in [0.15, 0.2) is 5.75 Å². The Kier molecular flexibility index (Phi) is 3.38. The number of rotatable bonds is 4. The van der Waals surface area contributed by atoms with Crippen molar-refractivity contribution in [3.8, 4) is 17.1 Å². The predicted octanol–water partition coefficient (Wildman–Crippen LogP) is 1.03. The maximum atomic E-state index is 10.9. The van der Waals surface area contributed by atoms with Gasteiger partial charge < -0.3 is 15.8 Å². The molecule has 8 heteroatoms. The molecule has 0 bridgehead atoms. The topological polar surface area (TPSA) is 135 Å². The summed E-state index contributed by atoms with van der Waals surface area (Å²) in [7, 11) is 0. The van der Waals surface area contributed by atoms with Crippen LogP contribution in [0.3, 0.4) is 0 Å². The minimum Gasteiger partial charge on any atom is -0.502 e. The maximum Gasteiger partial charge on any atom is 0.311 e. The molecule has 1 aromatic heterocycles. The molecule has 0 aliphatic carbocycles. The van der Waals surface area contributed by atoms with Gasteiger partial charge in [-0.1, -0.05) is 0 Å². The van der Waals surface area contributed by atoms with Gasteiger partial charge >= 0.3 is 5.69 Å². The third kappa shape index (κ3) is 2.58. The molecular formula is C12H12N4O4. The molecule has 1 amide bonds. The van der Waals surface area contributed by atoms with Gasteiger partial charge in [-0.05, 0) is 19.1 Å². The van der Waals surface area contributed by atoms with Crippen molar-refractivity contribution >= 4 is 11.6 Å². The standard InChI is InChI=1S/C12H12N4O4/c1-6-8(5-11(13)18)15-12(14-6)7-2-3-10(17)9(4-7)16(19)20/h2-4,17H,5H2,1H3,(H2,13,18)(H,14,15). The number of hydrogen-bond donors (Lipinski definition) is 3. The summed E-state index contributed by atoms with van der Waals surface area (Å²) in [5, 5.41) is 20.2. The van der Waals surface area contributed by atoms with E-state index >= 15 is 0 Å². The Hall–Kier alpha value is -2.90. The molecule has 2 aromatic rings. The van der Waals surface area contributed by atoms with Gasteiger partial charge in [0.05, 0.1) is 17.0 Å². The zero-order valence-electron chi connectivity index (χ0n) is 10.6. The number of nitrogens with zero attached hydrogens (tertiary/aromatic N) is 2. The van der Waals surface area contributed by atoms with Gasteiger partial charge in [0.1, 0.15) is 5.82 Å². The number of aryl methyl sites for hydroxylation is 1. The van der Waals surface area contributed by atoms with Gasteiger partial charge in [0.25, 0.3) is 0 Å². The van der Waals surface area contributed by atoms with Gasteiger partial charge in [-0.2, -0.15) is 0 Å². The predicted molar refractivity (Wildman–Crippen MR) is 70.0 cm³/mol. The van der Waals surface area contributed by atoms with E-state index in [0.717, 1.165) is 0 Å². The molecule has 0 aliphatic rings. The second-order valence-corrected chi connectivity index (χ2v) is 4.26. The summed E-state index contributed by atoms with van der Waals surface area (Å²) in [5.74, 6) is -0.552. The van der Waals surface area contributed by atoms with Gasteiger partial charge in [-0.25, -0.2) is 4.98 Å². The van der Waals surface area contributed by atoms with Crippen molar-refractivity contribution in [1.82, 2.24) is 9.97 Å². The Morgan fingerprint density at radius 3 is 2.85 bits per heavy atom. The van der Waals surface area contributed by atoms with Crippen LogP contribution in [-0.2, 0) is 11.2 Å². The highest BCUT2D eigenvalue weighted by Gasteiger charge is 2.17. The van der Waals surface area contributed by atoms with Crippen LogP contribution < -0.4 is 5.73 Å². The van der Waals surface area contributed by atoms with Crippen LogP contribution in [0.2, 0.25) is 0 Å². The second-order valence-electron chi connectivity index (χ2n) is 4.26. The molecule has 20 heavy (non-hydrogen) atoms. The van der Waals surface area contributed by atoms with E-state index in [4.69, 9.17) is 5.73 Å². The van der Waals surface area contributed by atoms with Crippen LogP contribution in [0.25, 0.3) is 11.4 Å². The van der Waals surface area contributed by atoms with E-state index in [1.165, 1.54) is 18.2 Å². The molecule has 0 fully saturated rings. The third-order valence-corrected chi connectivity index (χ3v) is 2.77. The summed E-state index contributed by atoms with van der Waals surface area (Å²) in [5.41, 5.74) is 6.29. The Bertz CT molecular complexity index is 693. The van der Waals surface area contributed by atoms with Crippen LogP contribution in [0.4, 0.5) is 5.69 Å². The number of nitro benzene ring substituents is 1. The Labute approximate surface area is 113 Å². The number of aromatic amines is 1. The summed E-state index contributed by atoms with van der Waals surface area (Å²) < 4.78 is 0. The lowest BCUT2D eigenvalue weighted by atomic mass is 10.2. The number of carbonyl (C=O) groups is 1. The number of phenols is 1. The molecule has 0 aliphatic heterocycles. The number of primary amides is 1. The van der Waals surface area contributed by atoms with E-state index in [-0.39, 0.29) is 6.42 Å². The Balaban J connectivity index is 2.44. The minimum atomic E-state index is -0.682. The molecule has 2 rings (SSSR count). The van der Waals surface area contributed by atoms with Crippen LogP contribution in [0, 0.1) is 17.0 Å². The van der Waals surface area contributed by atoms with E-state index in [1.807, 2.05) is 0 Å². The number of carbonyl (C=O) groups excluding carboxylic acids is 1. The number of nitro groups is 1. The highest BCUT2D eigenvalue weighted by molar-refractivity contribution is 5.76. The maximum absolute atomic E-state index is 10.9. The molecule has 104 valence electrons. The highest BCUT2D eigenvalue weighted by atomic mass is 16.6. The summed E-state index contributed by atoms with van der Waals surface area (Å²) in [4.78, 5) is 28.1.